The second-order valence-corrected chi connectivity index (χ2v) is 12.3. The first-order valence-electron chi connectivity index (χ1n) is 13.6. The Morgan fingerprint density at radius 2 is 1.55 bits per heavy atom. The number of nitrogens with one attached hydrogen (secondary N) is 1. The molecule has 42 heavy (non-hydrogen) atoms. The van der Waals surface area contributed by atoms with Crippen LogP contribution in [0.25, 0.3) is 0 Å². The van der Waals surface area contributed by atoms with E-state index in [1.54, 1.807) is 55.5 Å². The molecule has 2 atom stereocenters. The number of anilines is 1. The average Bonchev–Trinajstić information content (AvgIpc) is 2.98. The van der Waals surface area contributed by atoms with Crippen LogP contribution in [0.1, 0.15) is 38.3 Å². The second kappa shape index (κ2) is 14.4. The predicted octanol–water partition coefficient (Wildman–Crippen LogP) is 5.19. The smallest absolute Gasteiger partial charge is 0.264 e. The van der Waals surface area contributed by atoms with E-state index in [2.05, 4.69) is 5.32 Å². The lowest BCUT2D eigenvalue weighted by atomic mass is 10.1. The van der Waals surface area contributed by atoms with Crippen molar-refractivity contribution in [1.82, 2.24) is 10.2 Å². The van der Waals surface area contributed by atoms with E-state index in [-0.39, 0.29) is 29.1 Å². The van der Waals surface area contributed by atoms with E-state index in [0.717, 1.165) is 15.4 Å². The molecule has 0 fully saturated rings. The molecule has 0 saturated heterocycles. The fraction of sp³-hybridized carbons (Fsp3) is 0.355. The zero-order valence-corrected chi connectivity index (χ0v) is 26.3. The Labute approximate surface area is 253 Å². The third-order valence-electron chi connectivity index (χ3n) is 6.98. The summed E-state index contributed by atoms with van der Waals surface area (Å²) in [5.74, 6) is -0.296. The van der Waals surface area contributed by atoms with Gasteiger partial charge in [-0.25, -0.2) is 8.42 Å². The first-order valence-corrected chi connectivity index (χ1v) is 15.4. The van der Waals surface area contributed by atoms with E-state index in [4.69, 9.17) is 21.1 Å². The Morgan fingerprint density at radius 1 is 0.929 bits per heavy atom. The van der Waals surface area contributed by atoms with Crippen molar-refractivity contribution in [3.05, 3.63) is 82.9 Å². The summed E-state index contributed by atoms with van der Waals surface area (Å²) < 4.78 is 39.8. The van der Waals surface area contributed by atoms with Gasteiger partial charge in [0.2, 0.25) is 11.8 Å². The average molecular weight is 616 g/mol. The fourth-order valence-corrected chi connectivity index (χ4v) is 5.73. The summed E-state index contributed by atoms with van der Waals surface area (Å²) in [6.07, 6.45) is 0.717. The van der Waals surface area contributed by atoms with Crippen molar-refractivity contribution < 1.29 is 27.5 Å². The summed E-state index contributed by atoms with van der Waals surface area (Å²) in [4.78, 5) is 28.5. The summed E-state index contributed by atoms with van der Waals surface area (Å²) >= 11 is 6.06. The highest BCUT2D eigenvalue weighted by Crippen LogP contribution is 2.32. The Kier molecular flexibility index (Phi) is 11.2. The van der Waals surface area contributed by atoms with Crippen molar-refractivity contribution in [3.63, 3.8) is 0 Å². The molecule has 11 heteroatoms. The third-order valence-corrected chi connectivity index (χ3v) is 9.00. The van der Waals surface area contributed by atoms with Crippen LogP contribution in [0.15, 0.2) is 71.6 Å². The number of halogens is 1. The number of carbonyl (C=O) groups is 2. The summed E-state index contributed by atoms with van der Waals surface area (Å²) in [5, 5.41) is 3.45. The van der Waals surface area contributed by atoms with Gasteiger partial charge in [-0.15, -0.1) is 0 Å². The molecule has 9 nitrogen and oxygen atoms in total. The standard InChI is InChI=1S/C31H38ClN3O6S/c1-7-22(3)33-31(37)23(4)34(19-24-10-12-25(32)13-11-24)30(36)20-35(26-14-8-21(2)9-15-26)42(38,39)27-16-17-28(40-5)29(18-27)41-6/h8-18,22-23H,7,19-20H2,1-6H3,(H,33,37)/t22-,23-/m0/s1. The fourth-order valence-electron chi connectivity index (χ4n) is 4.18. The summed E-state index contributed by atoms with van der Waals surface area (Å²) in [6, 6.07) is 17.0. The quantitative estimate of drug-likeness (QED) is 0.284. The molecule has 0 aliphatic carbocycles. The third kappa shape index (κ3) is 7.95. The number of ether oxygens (including phenoxy) is 2. The molecule has 0 unspecified atom stereocenters. The van der Waals surface area contributed by atoms with Crippen LogP contribution < -0.4 is 19.1 Å². The van der Waals surface area contributed by atoms with E-state index < -0.39 is 28.5 Å². The molecule has 1 N–H and O–H groups in total. The van der Waals surface area contributed by atoms with Crippen molar-refractivity contribution >= 4 is 39.1 Å². The van der Waals surface area contributed by atoms with Crippen molar-refractivity contribution in [3.8, 4) is 11.5 Å². The Bertz CT molecular complexity index is 1480. The van der Waals surface area contributed by atoms with Gasteiger partial charge < -0.3 is 19.7 Å². The zero-order chi connectivity index (χ0) is 31.0. The molecule has 2 amide bonds. The first-order chi connectivity index (χ1) is 19.9. The number of rotatable bonds is 13. The summed E-state index contributed by atoms with van der Waals surface area (Å²) in [6.45, 7) is 6.87. The lowest BCUT2D eigenvalue weighted by molar-refractivity contribution is -0.139. The lowest BCUT2D eigenvalue weighted by Crippen LogP contribution is -2.52. The van der Waals surface area contributed by atoms with Gasteiger partial charge in [-0.05, 0) is 69.2 Å². The maximum atomic E-state index is 14.1. The van der Waals surface area contributed by atoms with Crippen molar-refractivity contribution in [2.45, 2.75) is 57.6 Å². The minimum atomic E-state index is -4.27. The Hall–Kier alpha value is -3.76. The lowest BCUT2D eigenvalue weighted by Gasteiger charge is -2.32. The van der Waals surface area contributed by atoms with Gasteiger partial charge in [0.25, 0.3) is 10.0 Å². The van der Waals surface area contributed by atoms with Crippen molar-refractivity contribution in [2.24, 2.45) is 0 Å². The minimum Gasteiger partial charge on any atom is -0.493 e. The van der Waals surface area contributed by atoms with Gasteiger partial charge in [0.05, 0.1) is 24.8 Å². The van der Waals surface area contributed by atoms with E-state index in [1.807, 2.05) is 20.8 Å². The van der Waals surface area contributed by atoms with Gasteiger partial charge in [-0.2, -0.15) is 0 Å². The van der Waals surface area contributed by atoms with Gasteiger partial charge in [0, 0.05) is 23.7 Å². The zero-order valence-electron chi connectivity index (χ0n) is 24.8. The molecule has 0 heterocycles. The largest absolute Gasteiger partial charge is 0.493 e. The highest BCUT2D eigenvalue weighted by Gasteiger charge is 2.33. The topological polar surface area (TPSA) is 105 Å². The molecule has 0 spiro atoms. The van der Waals surface area contributed by atoms with Crippen molar-refractivity contribution in [1.29, 1.82) is 0 Å². The maximum absolute atomic E-state index is 14.1. The molecule has 3 aromatic rings. The predicted molar refractivity (Wildman–Crippen MR) is 165 cm³/mol. The number of nitrogens with zero attached hydrogens (tertiary/aromatic N) is 2. The second-order valence-electron chi connectivity index (χ2n) is 10.0. The number of aryl methyl sites for hydroxylation is 1. The summed E-state index contributed by atoms with van der Waals surface area (Å²) in [7, 11) is -1.40. The number of hydrogen-bond acceptors (Lipinski definition) is 6. The van der Waals surface area contributed by atoms with E-state index in [9.17, 15) is 18.0 Å². The van der Waals surface area contributed by atoms with Gasteiger partial charge >= 0.3 is 0 Å². The van der Waals surface area contributed by atoms with Crippen LogP contribution >= 0.6 is 11.6 Å². The minimum absolute atomic E-state index is 0.0727. The van der Waals surface area contributed by atoms with Crippen LogP contribution in [0.5, 0.6) is 11.5 Å². The number of amides is 2. The van der Waals surface area contributed by atoms with Gasteiger partial charge in [0.15, 0.2) is 11.5 Å². The molecular formula is C31H38ClN3O6S. The van der Waals surface area contributed by atoms with E-state index in [1.165, 1.54) is 37.3 Å². The van der Waals surface area contributed by atoms with Crippen molar-refractivity contribution in [2.75, 3.05) is 25.1 Å². The highest BCUT2D eigenvalue weighted by molar-refractivity contribution is 7.92. The maximum Gasteiger partial charge on any atom is 0.264 e. The molecule has 3 rings (SSSR count). The van der Waals surface area contributed by atoms with Gasteiger partial charge in [-0.3, -0.25) is 13.9 Å². The molecule has 3 aromatic carbocycles. The Morgan fingerprint density at radius 3 is 2.12 bits per heavy atom. The van der Waals surface area contributed by atoms with Crippen LogP contribution in [-0.2, 0) is 26.2 Å². The molecule has 0 aliphatic rings. The van der Waals surface area contributed by atoms with Gasteiger partial charge in [0.1, 0.15) is 12.6 Å². The Balaban J connectivity index is 2.06. The monoisotopic (exact) mass is 615 g/mol. The van der Waals surface area contributed by atoms with E-state index >= 15 is 0 Å². The number of carbonyl (C=O) groups excluding carboxylic acids is 2. The SMILES string of the molecule is CC[C@H](C)NC(=O)[C@H](C)N(Cc1ccc(Cl)cc1)C(=O)CN(c1ccc(C)cc1)S(=O)(=O)c1ccc(OC)c(OC)c1. The van der Waals surface area contributed by atoms with Crippen LogP contribution in [0.4, 0.5) is 5.69 Å². The van der Waals surface area contributed by atoms with Crippen LogP contribution in [0.3, 0.4) is 0 Å². The summed E-state index contributed by atoms with van der Waals surface area (Å²) in [5.41, 5.74) is 1.96. The number of sulfonamides is 1. The van der Waals surface area contributed by atoms with E-state index in [0.29, 0.717) is 22.9 Å². The number of benzene rings is 3. The molecule has 0 saturated carbocycles. The molecular weight excluding hydrogens is 578 g/mol. The molecule has 226 valence electrons. The molecule has 0 radical (unpaired) electrons. The molecule has 0 bridgehead atoms. The van der Waals surface area contributed by atoms with Gasteiger partial charge in [-0.1, -0.05) is 48.4 Å². The first kappa shape index (κ1) is 32.8. The number of methoxy groups -OCH3 is 2. The highest BCUT2D eigenvalue weighted by atomic mass is 35.5. The van der Waals surface area contributed by atoms with Crippen LogP contribution in [0.2, 0.25) is 5.02 Å². The molecule has 0 aliphatic heterocycles. The number of hydrogen-bond donors (Lipinski definition) is 1. The van der Waals surface area contributed by atoms with Crippen LogP contribution in [0, 0.1) is 6.92 Å². The van der Waals surface area contributed by atoms with Crippen LogP contribution in [-0.4, -0.2) is 58.0 Å². The normalized spacial score (nSPS) is 12.6. The molecule has 0 aromatic heterocycles.